The van der Waals surface area contributed by atoms with Crippen molar-refractivity contribution < 1.29 is 24.5 Å². The summed E-state index contributed by atoms with van der Waals surface area (Å²) in [5.74, 6) is 0. The van der Waals surface area contributed by atoms with Crippen molar-refractivity contribution >= 4 is 6.16 Å². The van der Waals surface area contributed by atoms with Gasteiger partial charge in [-0.15, -0.1) is 0 Å². The second kappa shape index (κ2) is 8.19. The molecule has 0 radical (unpaired) electrons. The molecule has 0 saturated heterocycles. The first-order valence-electron chi connectivity index (χ1n) is 2.52. The van der Waals surface area contributed by atoms with Crippen LogP contribution in [-0.2, 0) is 9.47 Å². The first-order chi connectivity index (χ1) is 4.54. The molecule has 5 heteroatoms. The Morgan fingerprint density at radius 1 is 1.30 bits per heavy atom. The molecule has 0 aromatic heterocycles. The van der Waals surface area contributed by atoms with Crippen LogP contribution in [0.5, 0.6) is 0 Å². The van der Waals surface area contributed by atoms with Crippen molar-refractivity contribution in [2.75, 3.05) is 14.2 Å². The van der Waals surface area contributed by atoms with Crippen molar-refractivity contribution in [1.29, 1.82) is 0 Å². The summed E-state index contributed by atoms with van der Waals surface area (Å²) in [4.78, 5) is 8.56. The van der Waals surface area contributed by atoms with Crippen LogP contribution in [0.1, 0.15) is 6.92 Å². The van der Waals surface area contributed by atoms with E-state index in [1.165, 1.54) is 0 Å². The number of carbonyl (C=O) groups is 1. The van der Waals surface area contributed by atoms with Gasteiger partial charge in [0.15, 0.2) is 6.29 Å². The van der Waals surface area contributed by atoms with E-state index < -0.39 is 6.16 Å². The fourth-order valence-electron chi connectivity index (χ4n) is 0.0962. The summed E-state index contributed by atoms with van der Waals surface area (Å²) in [5.41, 5.74) is 0. The van der Waals surface area contributed by atoms with Crippen LogP contribution in [0.2, 0.25) is 0 Å². The Bertz CT molecular complexity index is 74.1. The lowest BCUT2D eigenvalue weighted by molar-refractivity contribution is -0.0877. The Balaban J connectivity index is 0. The van der Waals surface area contributed by atoms with Gasteiger partial charge < -0.3 is 19.7 Å². The highest BCUT2D eigenvalue weighted by atomic mass is 16.7. The Morgan fingerprint density at radius 2 is 1.50 bits per heavy atom. The van der Waals surface area contributed by atoms with E-state index in [4.69, 9.17) is 15.0 Å². The first-order valence-corrected chi connectivity index (χ1v) is 2.52. The molecule has 0 atom stereocenters. The monoisotopic (exact) mass is 152 g/mol. The van der Waals surface area contributed by atoms with Crippen LogP contribution in [0.4, 0.5) is 4.79 Å². The maximum absolute atomic E-state index is 8.56. The van der Waals surface area contributed by atoms with Gasteiger partial charge in [0.25, 0.3) is 0 Å². The van der Waals surface area contributed by atoms with Crippen LogP contribution in [-0.4, -0.2) is 36.9 Å². The summed E-state index contributed by atoms with van der Waals surface area (Å²) in [6, 6.07) is 0. The second-order valence-electron chi connectivity index (χ2n) is 1.32. The second-order valence-corrected chi connectivity index (χ2v) is 1.32. The molecule has 0 aromatic carbocycles. The summed E-state index contributed by atoms with van der Waals surface area (Å²) >= 11 is 0. The van der Waals surface area contributed by atoms with Crippen molar-refractivity contribution in [3.8, 4) is 0 Å². The Labute approximate surface area is 59.2 Å². The maximum atomic E-state index is 8.56. The molecule has 62 valence electrons. The van der Waals surface area contributed by atoms with Crippen molar-refractivity contribution in [1.82, 2.24) is 0 Å². The van der Waals surface area contributed by atoms with E-state index in [0.717, 1.165) is 0 Å². The summed E-state index contributed by atoms with van der Waals surface area (Å²) in [5, 5.41) is 13.9. The van der Waals surface area contributed by atoms with Gasteiger partial charge in [-0.3, -0.25) is 0 Å². The average molecular weight is 152 g/mol. The lowest BCUT2D eigenvalue weighted by Crippen LogP contribution is -2.05. The molecule has 10 heavy (non-hydrogen) atoms. The zero-order chi connectivity index (χ0) is 8.57. The van der Waals surface area contributed by atoms with Crippen molar-refractivity contribution in [3.63, 3.8) is 0 Å². The van der Waals surface area contributed by atoms with Crippen LogP contribution in [0.15, 0.2) is 0 Å². The predicted octanol–water partition coefficient (Wildman–Crippen LogP) is 0.848. The number of carboxylic acid groups (broad SMARTS) is 2. The highest BCUT2D eigenvalue weighted by Gasteiger charge is 1.87. The van der Waals surface area contributed by atoms with E-state index in [-0.39, 0.29) is 6.29 Å². The highest BCUT2D eigenvalue weighted by Crippen LogP contribution is 1.82. The fourth-order valence-corrected chi connectivity index (χ4v) is 0.0962. The average Bonchev–Trinajstić information content (AvgIpc) is 1.85. The zero-order valence-corrected chi connectivity index (χ0v) is 6.20. The Morgan fingerprint density at radius 3 is 1.50 bits per heavy atom. The normalized spacial score (nSPS) is 8.40. The van der Waals surface area contributed by atoms with Crippen LogP contribution in [0, 0.1) is 0 Å². The molecule has 2 N–H and O–H groups in total. The van der Waals surface area contributed by atoms with E-state index in [2.05, 4.69) is 9.47 Å². The largest absolute Gasteiger partial charge is 0.503 e. The summed E-state index contributed by atoms with van der Waals surface area (Å²) < 4.78 is 9.35. The van der Waals surface area contributed by atoms with Gasteiger partial charge in [-0.1, -0.05) is 0 Å². The van der Waals surface area contributed by atoms with Gasteiger partial charge in [-0.25, -0.2) is 4.79 Å². The molecule has 5 nitrogen and oxygen atoms in total. The smallest absolute Gasteiger partial charge is 0.450 e. The standard InChI is InChI=1S/C4H10O2.CH2O3/c1-4(5-2)6-3;2-1(3)4/h4H,1-3H3;(H2,2,3,4). The molecule has 0 fully saturated rings. The molecular formula is C5H12O5. The van der Waals surface area contributed by atoms with Crippen LogP contribution >= 0.6 is 0 Å². The van der Waals surface area contributed by atoms with E-state index in [1.54, 1.807) is 14.2 Å². The molecule has 0 heterocycles. The van der Waals surface area contributed by atoms with Crippen LogP contribution in [0.3, 0.4) is 0 Å². The minimum absolute atomic E-state index is 0.0648. The van der Waals surface area contributed by atoms with Crippen LogP contribution < -0.4 is 0 Å². The molecule has 0 rings (SSSR count). The number of ether oxygens (including phenoxy) is 2. The topological polar surface area (TPSA) is 76.0 Å². The molecule has 0 bridgehead atoms. The van der Waals surface area contributed by atoms with Gasteiger partial charge in [-0.2, -0.15) is 0 Å². The first kappa shape index (κ1) is 11.9. The van der Waals surface area contributed by atoms with Gasteiger partial charge in [0.2, 0.25) is 0 Å². The van der Waals surface area contributed by atoms with E-state index in [9.17, 15) is 0 Å². The summed E-state index contributed by atoms with van der Waals surface area (Å²) in [6.45, 7) is 1.83. The van der Waals surface area contributed by atoms with Crippen molar-refractivity contribution in [3.05, 3.63) is 0 Å². The number of rotatable bonds is 2. The fraction of sp³-hybridized carbons (Fsp3) is 0.800. The molecule has 0 amide bonds. The lowest BCUT2D eigenvalue weighted by Gasteiger charge is -2.03. The summed E-state index contributed by atoms with van der Waals surface area (Å²) in [6.07, 6.45) is -1.90. The van der Waals surface area contributed by atoms with Gasteiger partial charge in [0.05, 0.1) is 0 Å². The molecule has 0 aliphatic carbocycles. The third kappa shape index (κ3) is 27.1. The molecule has 0 aliphatic rings. The number of methoxy groups -OCH3 is 2. The maximum Gasteiger partial charge on any atom is 0.503 e. The van der Waals surface area contributed by atoms with E-state index >= 15 is 0 Å². The number of hydrogen-bond donors (Lipinski definition) is 2. The molecule has 0 unspecified atom stereocenters. The highest BCUT2D eigenvalue weighted by molar-refractivity contribution is 5.53. The molecule has 0 spiro atoms. The minimum Gasteiger partial charge on any atom is -0.450 e. The molecular weight excluding hydrogens is 140 g/mol. The van der Waals surface area contributed by atoms with Crippen LogP contribution in [0.25, 0.3) is 0 Å². The Kier molecular flexibility index (Phi) is 9.77. The zero-order valence-electron chi connectivity index (χ0n) is 6.20. The third-order valence-corrected chi connectivity index (χ3v) is 0.664. The van der Waals surface area contributed by atoms with Crippen molar-refractivity contribution in [2.45, 2.75) is 13.2 Å². The van der Waals surface area contributed by atoms with E-state index in [1.807, 2.05) is 6.92 Å². The number of hydrogen-bond acceptors (Lipinski definition) is 3. The minimum atomic E-state index is -1.83. The van der Waals surface area contributed by atoms with Gasteiger partial charge >= 0.3 is 6.16 Å². The lowest BCUT2D eigenvalue weighted by atomic mass is 10.8. The quantitative estimate of drug-likeness (QED) is 0.573. The molecule has 0 aromatic rings. The third-order valence-electron chi connectivity index (χ3n) is 0.664. The van der Waals surface area contributed by atoms with Gasteiger partial charge in [0, 0.05) is 14.2 Å². The predicted molar refractivity (Wildman–Crippen MR) is 34.1 cm³/mol. The molecule has 0 saturated carbocycles. The van der Waals surface area contributed by atoms with Crippen molar-refractivity contribution in [2.24, 2.45) is 0 Å². The van der Waals surface area contributed by atoms with E-state index in [0.29, 0.717) is 0 Å². The van der Waals surface area contributed by atoms with Gasteiger partial charge in [-0.05, 0) is 6.92 Å². The molecule has 0 aliphatic heterocycles. The SMILES string of the molecule is COC(C)OC.O=C(O)O. The summed E-state index contributed by atoms with van der Waals surface area (Å²) in [7, 11) is 3.21. The Hall–Kier alpha value is -0.810. The van der Waals surface area contributed by atoms with Gasteiger partial charge in [0.1, 0.15) is 0 Å².